The van der Waals surface area contributed by atoms with Crippen LogP contribution in [0.4, 0.5) is 0 Å². The summed E-state index contributed by atoms with van der Waals surface area (Å²) < 4.78 is 5.74. The van der Waals surface area contributed by atoms with Gasteiger partial charge in [-0.15, -0.1) is 24.0 Å². The predicted octanol–water partition coefficient (Wildman–Crippen LogP) is 3.86. The number of hydrogen-bond acceptors (Lipinski definition) is 8. The topological polar surface area (TPSA) is 144 Å². The fourth-order valence-corrected chi connectivity index (χ4v) is 5.62. The number of unbranched alkanes of at least 4 members (excludes halogenated alkanes) is 3. The van der Waals surface area contributed by atoms with Gasteiger partial charge in [-0.25, -0.2) is 9.78 Å². The molecule has 1 aliphatic carbocycles. The number of thiazole rings is 1. The van der Waals surface area contributed by atoms with Crippen LogP contribution in [0.2, 0.25) is 0 Å². The third-order valence-electron chi connectivity index (χ3n) is 7.41. The Balaban J connectivity index is 1.74. The average Bonchev–Trinajstić information content (AvgIpc) is 3.54. The summed E-state index contributed by atoms with van der Waals surface area (Å²) in [4.78, 5) is 68.2. The van der Waals surface area contributed by atoms with Gasteiger partial charge in [-0.1, -0.05) is 52.5 Å². The standard InChI is InChI=1S/C29H42N4O6S2/c1-4-5-6-7-10-19(27(37)40)11-8-9-12-20-15-22(34)30-16-23-31-21(17-41-23)25(35)33-29(13-14-29)28(38)32-24(18(2)3)26(36)39-20/h9,12,17-20,24H,4-8,10-11,13-16H2,1-3H3,(H,30,34)(H,32,38)(H,33,35)(H,37,40)/b12-9+/t19-,20+,24-/m0/s1. The molecule has 2 aliphatic rings. The van der Waals surface area contributed by atoms with Crippen molar-refractivity contribution in [1.29, 1.82) is 0 Å². The molecule has 3 rings (SSSR count). The van der Waals surface area contributed by atoms with Crippen LogP contribution in [0.1, 0.15) is 100 Å². The predicted molar refractivity (Wildman–Crippen MR) is 159 cm³/mol. The van der Waals surface area contributed by atoms with E-state index in [1.807, 2.05) is 6.08 Å². The SMILES string of the molecule is CCCCCC[C@@H](CC/C=C/[C@@H]1CC(=O)NCc2nc(cs2)C(=O)NC2(CC2)C(=O)N[C@@H](C(C)C)C(=O)O1)C(=O)S. The summed E-state index contributed by atoms with van der Waals surface area (Å²) in [5.74, 6) is -2.40. The summed E-state index contributed by atoms with van der Waals surface area (Å²) in [6.45, 7) is 5.83. The molecule has 0 aromatic carbocycles. The summed E-state index contributed by atoms with van der Waals surface area (Å²) in [6.07, 6.45) is 9.69. The minimum Gasteiger partial charge on any atom is -0.456 e. The molecule has 1 aromatic rings. The van der Waals surface area contributed by atoms with Crippen molar-refractivity contribution in [2.45, 2.75) is 109 Å². The first-order valence-corrected chi connectivity index (χ1v) is 15.8. The maximum atomic E-state index is 13.2. The number of aromatic nitrogens is 1. The number of cyclic esters (lactones) is 1. The van der Waals surface area contributed by atoms with Crippen LogP contribution in [0.3, 0.4) is 0 Å². The molecule has 1 fully saturated rings. The van der Waals surface area contributed by atoms with E-state index in [-0.39, 0.29) is 41.5 Å². The van der Waals surface area contributed by atoms with Crippen molar-refractivity contribution in [3.63, 3.8) is 0 Å². The highest BCUT2D eigenvalue weighted by atomic mass is 32.1. The van der Waals surface area contributed by atoms with Gasteiger partial charge in [-0.05, 0) is 44.1 Å². The fourth-order valence-electron chi connectivity index (χ4n) is 4.64. The molecule has 3 N–H and O–H groups in total. The van der Waals surface area contributed by atoms with Crippen molar-refractivity contribution >= 4 is 52.8 Å². The van der Waals surface area contributed by atoms with E-state index in [0.29, 0.717) is 30.7 Å². The first kappa shape index (κ1) is 32.8. The lowest BCUT2D eigenvalue weighted by Crippen LogP contribution is -2.55. The Hall–Kier alpha value is -2.73. The summed E-state index contributed by atoms with van der Waals surface area (Å²) >= 11 is 5.29. The van der Waals surface area contributed by atoms with Gasteiger partial charge in [0, 0.05) is 11.3 Å². The quantitative estimate of drug-likeness (QED) is 0.130. The second kappa shape index (κ2) is 15.5. The van der Waals surface area contributed by atoms with Crippen LogP contribution in [0.15, 0.2) is 17.5 Å². The van der Waals surface area contributed by atoms with E-state index in [2.05, 4.69) is 40.5 Å². The maximum Gasteiger partial charge on any atom is 0.329 e. The van der Waals surface area contributed by atoms with Crippen LogP contribution >= 0.6 is 24.0 Å². The molecule has 1 spiro atoms. The van der Waals surface area contributed by atoms with Crippen molar-refractivity contribution in [2.75, 3.05) is 0 Å². The van der Waals surface area contributed by atoms with Crippen LogP contribution in [0, 0.1) is 11.8 Å². The summed E-state index contributed by atoms with van der Waals surface area (Å²) in [7, 11) is 0. The van der Waals surface area contributed by atoms with Crippen LogP contribution in [0.5, 0.6) is 0 Å². The van der Waals surface area contributed by atoms with E-state index in [4.69, 9.17) is 4.74 Å². The largest absolute Gasteiger partial charge is 0.456 e. The number of nitrogens with zero attached hydrogens (tertiary/aromatic N) is 1. The zero-order chi connectivity index (χ0) is 30.0. The average molecular weight is 607 g/mol. The molecular weight excluding hydrogens is 564 g/mol. The molecule has 2 bridgehead atoms. The first-order valence-electron chi connectivity index (χ1n) is 14.5. The first-order chi connectivity index (χ1) is 19.5. The fraction of sp³-hybridized carbons (Fsp3) is 0.655. The van der Waals surface area contributed by atoms with Gasteiger partial charge in [-0.3, -0.25) is 19.2 Å². The molecule has 41 heavy (non-hydrogen) atoms. The van der Waals surface area contributed by atoms with E-state index < -0.39 is 35.5 Å². The molecule has 1 aromatic heterocycles. The van der Waals surface area contributed by atoms with Crippen LogP contribution < -0.4 is 16.0 Å². The van der Waals surface area contributed by atoms with Crippen LogP contribution in [0.25, 0.3) is 0 Å². The summed E-state index contributed by atoms with van der Waals surface area (Å²) in [5.41, 5.74) is -0.912. The molecule has 3 amide bonds. The zero-order valence-electron chi connectivity index (χ0n) is 24.1. The molecule has 10 nitrogen and oxygen atoms in total. The van der Waals surface area contributed by atoms with Crippen molar-refractivity contribution in [3.05, 3.63) is 28.2 Å². The number of nitrogens with one attached hydrogen (secondary N) is 3. The van der Waals surface area contributed by atoms with E-state index in [1.165, 1.54) is 11.3 Å². The number of carbonyl (C=O) groups is 5. The Morgan fingerprint density at radius 2 is 1.95 bits per heavy atom. The van der Waals surface area contributed by atoms with Crippen LogP contribution in [-0.4, -0.2) is 51.5 Å². The Morgan fingerprint density at radius 3 is 2.61 bits per heavy atom. The Morgan fingerprint density at radius 1 is 1.20 bits per heavy atom. The second-order valence-electron chi connectivity index (χ2n) is 11.2. The van der Waals surface area contributed by atoms with Gasteiger partial charge in [0.25, 0.3) is 5.91 Å². The maximum absolute atomic E-state index is 13.2. The lowest BCUT2D eigenvalue weighted by atomic mass is 9.97. The number of amides is 3. The molecule has 0 unspecified atom stereocenters. The van der Waals surface area contributed by atoms with Crippen molar-refractivity contribution in [2.24, 2.45) is 11.8 Å². The Labute approximate surface area is 251 Å². The van der Waals surface area contributed by atoms with Crippen molar-refractivity contribution in [3.8, 4) is 0 Å². The third kappa shape index (κ3) is 9.95. The van der Waals surface area contributed by atoms with E-state index in [1.54, 1.807) is 25.3 Å². The van der Waals surface area contributed by atoms with E-state index in [9.17, 15) is 24.0 Å². The highest BCUT2D eigenvalue weighted by Crippen LogP contribution is 2.36. The highest BCUT2D eigenvalue weighted by Gasteiger charge is 2.52. The molecule has 2 heterocycles. The minimum absolute atomic E-state index is 0.116. The number of ether oxygens (including phenoxy) is 1. The van der Waals surface area contributed by atoms with Gasteiger partial charge >= 0.3 is 5.97 Å². The monoisotopic (exact) mass is 606 g/mol. The van der Waals surface area contributed by atoms with E-state index in [0.717, 1.165) is 32.1 Å². The summed E-state index contributed by atoms with van der Waals surface area (Å²) in [5, 5.41) is 10.3. The van der Waals surface area contributed by atoms with Crippen LogP contribution in [-0.2, 0) is 30.5 Å². The molecule has 0 saturated heterocycles. The van der Waals surface area contributed by atoms with Crippen molar-refractivity contribution < 1.29 is 28.7 Å². The molecule has 1 saturated carbocycles. The molecule has 1 aliphatic heterocycles. The van der Waals surface area contributed by atoms with Gasteiger partial charge in [0.05, 0.1) is 13.0 Å². The molecular formula is C29H42N4O6S2. The van der Waals surface area contributed by atoms with Gasteiger partial charge in [0.15, 0.2) is 5.12 Å². The number of esters is 1. The number of thiol groups is 1. The lowest BCUT2D eigenvalue weighted by molar-refractivity contribution is -0.153. The highest BCUT2D eigenvalue weighted by molar-refractivity contribution is 7.96. The van der Waals surface area contributed by atoms with Crippen molar-refractivity contribution in [1.82, 2.24) is 20.9 Å². The zero-order valence-corrected chi connectivity index (χ0v) is 25.8. The number of fused-ring (bicyclic) bond motifs is 2. The number of carbonyl (C=O) groups excluding carboxylic acids is 5. The normalized spacial score (nSPS) is 22.3. The number of rotatable bonds is 11. The van der Waals surface area contributed by atoms with Gasteiger partial charge in [0.2, 0.25) is 11.8 Å². The lowest BCUT2D eigenvalue weighted by Gasteiger charge is -2.26. The number of hydrogen-bond donors (Lipinski definition) is 4. The van der Waals surface area contributed by atoms with E-state index >= 15 is 0 Å². The Bertz CT molecular complexity index is 1130. The molecule has 3 atom stereocenters. The molecule has 226 valence electrons. The smallest absolute Gasteiger partial charge is 0.329 e. The van der Waals surface area contributed by atoms with Gasteiger partial charge in [-0.2, -0.15) is 0 Å². The summed E-state index contributed by atoms with van der Waals surface area (Å²) in [6, 6.07) is -0.969. The third-order valence-corrected chi connectivity index (χ3v) is 8.62. The second-order valence-corrected chi connectivity index (χ2v) is 12.6. The van der Waals surface area contributed by atoms with Gasteiger partial charge < -0.3 is 20.7 Å². The number of allylic oxidation sites excluding steroid dienone is 1. The molecule has 0 radical (unpaired) electrons. The minimum atomic E-state index is -1.09. The van der Waals surface area contributed by atoms with Gasteiger partial charge in [0.1, 0.15) is 28.4 Å². The molecule has 12 heteroatoms. The Kier molecular flexibility index (Phi) is 12.4.